The largest absolute Gasteiger partial charge is 0.495 e. The summed E-state index contributed by atoms with van der Waals surface area (Å²) in [6.45, 7) is 0. The van der Waals surface area contributed by atoms with Crippen molar-refractivity contribution < 1.29 is 4.74 Å². The van der Waals surface area contributed by atoms with E-state index in [1.807, 2.05) is 12.1 Å². The highest BCUT2D eigenvalue weighted by Crippen LogP contribution is 2.35. The summed E-state index contributed by atoms with van der Waals surface area (Å²) >= 11 is 9.41. The molecule has 24 heavy (non-hydrogen) atoms. The molecule has 0 aliphatic carbocycles. The van der Waals surface area contributed by atoms with Crippen molar-refractivity contribution in [2.75, 3.05) is 18.2 Å². The molecular weight excluding hydrogens is 392 g/mol. The summed E-state index contributed by atoms with van der Waals surface area (Å²) in [5.74, 6) is 0.542. The molecule has 0 aliphatic heterocycles. The van der Waals surface area contributed by atoms with Crippen LogP contribution >= 0.6 is 27.5 Å². The van der Waals surface area contributed by atoms with E-state index in [-0.39, 0.29) is 0 Å². The fourth-order valence-electron chi connectivity index (χ4n) is 2.35. The van der Waals surface area contributed by atoms with Crippen molar-refractivity contribution >= 4 is 55.5 Å². The number of benzene rings is 2. The predicted molar refractivity (Wildman–Crippen MR) is 99.9 cm³/mol. The number of nitriles is 1. The van der Waals surface area contributed by atoms with Crippen LogP contribution in [0, 0.1) is 11.3 Å². The topological polar surface area (TPSA) is 84.0 Å². The molecule has 1 aromatic heterocycles. The van der Waals surface area contributed by atoms with E-state index in [4.69, 9.17) is 22.1 Å². The lowest BCUT2D eigenvalue weighted by molar-refractivity contribution is 0.417. The summed E-state index contributed by atoms with van der Waals surface area (Å²) in [6, 6.07) is 11.1. The molecule has 5 nitrogen and oxygen atoms in total. The van der Waals surface area contributed by atoms with Gasteiger partial charge in [-0.25, -0.2) is 0 Å². The number of anilines is 3. The van der Waals surface area contributed by atoms with Gasteiger partial charge >= 0.3 is 0 Å². The van der Waals surface area contributed by atoms with Gasteiger partial charge in [0.1, 0.15) is 11.8 Å². The predicted octanol–water partition coefficient (Wildman–Crippen LogP) is 4.86. The number of methoxy groups -OCH3 is 1. The van der Waals surface area contributed by atoms with Crippen LogP contribution in [-0.2, 0) is 0 Å². The van der Waals surface area contributed by atoms with E-state index in [1.165, 1.54) is 6.20 Å². The van der Waals surface area contributed by atoms with Gasteiger partial charge in [-0.1, -0.05) is 11.6 Å². The second-order valence-electron chi connectivity index (χ2n) is 5.02. The monoisotopic (exact) mass is 402 g/mol. The molecule has 3 aromatic rings. The van der Waals surface area contributed by atoms with Gasteiger partial charge in [-0.05, 0) is 40.2 Å². The first kappa shape index (κ1) is 16.4. The van der Waals surface area contributed by atoms with Gasteiger partial charge in [0.15, 0.2) is 0 Å². The first-order chi connectivity index (χ1) is 11.5. The third-order valence-corrected chi connectivity index (χ3v) is 4.74. The summed E-state index contributed by atoms with van der Waals surface area (Å²) in [6.07, 6.45) is 1.52. The average molecular weight is 404 g/mol. The number of ether oxygens (including phenoxy) is 1. The molecule has 3 rings (SSSR count). The Bertz CT molecular complexity index is 984. The number of hydrogen-bond donors (Lipinski definition) is 2. The van der Waals surface area contributed by atoms with Crippen LogP contribution in [0.15, 0.2) is 41.0 Å². The minimum Gasteiger partial charge on any atom is -0.495 e. The standard InChI is InChI=1S/C17H12BrClN4O/c1-24-16-6-15-11(5-14(16)21)17(9(7-20)8-22-15)23-10-2-3-13(19)12(18)4-10/h2-6,8H,21H2,1H3,(H,22,23). The Morgan fingerprint density at radius 1 is 1.33 bits per heavy atom. The first-order valence-electron chi connectivity index (χ1n) is 6.92. The fourth-order valence-corrected chi connectivity index (χ4v) is 2.85. The maximum Gasteiger partial charge on any atom is 0.143 e. The van der Waals surface area contributed by atoms with Crippen LogP contribution in [0.2, 0.25) is 5.02 Å². The SMILES string of the molecule is COc1cc2ncc(C#N)c(Nc3ccc(Cl)c(Br)c3)c2cc1N. The Hall–Kier alpha value is -2.49. The molecular formula is C17H12BrClN4O. The van der Waals surface area contributed by atoms with Crippen molar-refractivity contribution in [1.82, 2.24) is 4.98 Å². The minimum absolute atomic E-state index is 0.415. The Morgan fingerprint density at radius 2 is 2.12 bits per heavy atom. The van der Waals surface area contributed by atoms with E-state index in [0.29, 0.717) is 33.2 Å². The Balaban J connectivity index is 2.19. The zero-order valence-electron chi connectivity index (χ0n) is 12.6. The number of rotatable bonds is 3. The lowest BCUT2D eigenvalue weighted by Crippen LogP contribution is -1.99. The van der Waals surface area contributed by atoms with Gasteiger partial charge < -0.3 is 15.8 Å². The fraction of sp³-hybridized carbons (Fsp3) is 0.0588. The molecule has 0 spiro atoms. The highest BCUT2D eigenvalue weighted by atomic mass is 79.9. The van der Waals surface area contributed by atoms with Gasteiger partial charge in [-0.15, -0.1) is 0 Å². The number of pyridine rings is 1. The first-order valence-corrected chi connectivity index (χ1v) is 8.09. The highest BCUT2D eigenvalue weighted by Gasteiger charge is 2.13. The van der Waals surface area contributed by atoms with Crippen LogP contribution in [-0.4, -0.2) is 12.1 Å². The van der Waals surface area contributed by atoms with Crippen LogP contribution < -0.4 is 15.8 Å². The van der Waals surface area contributed by atoms with Crippen molar-refractivity contribution in [2.45, 2.75) is 0 Å². The van der Waals surface area contributed by atoms with E-state index < -0.39 is 0 Å². The molecule has 2 aromatic carbocycles. The Kier molecular flexibility index (Phi) is 4.47. The number of nitrogens with one attached hydrogen (secondary N) is 1. The molecule has 0 fully saturated rings. The van der Waals surface area contributed by atoms with Crippen molar-refractivity contribution in [3.8, 4) is 11.8 Å². The van der Waals surface area contributed by atoms with Gasteiger partial charge in [0.05, 0.1) is 34.6 Å². The van der Waals surface area contributed by atoms with E-state index in [2.05, 4.69) is 32.3 Å². The molecule has 120 valence electrons. The molecule has 0 amide bonds. The molecule has 1 heterocycles. The van der Waals surface area contributed by atoms with Crippen LogP contribution in [0.25, 0.3) is 10.9 Å². The maximum absolute atomic E-state index is 9.41. The van der Waals surface area contributed by atoms with E-state index in [9.17, 15) is 5.26 Å². The van der Waals surface area contributed by atoms with Crippen molar-refractivity contribution in [2.24, 2.45) is 0 Å². The number of nitrogens with zero attached hydrogens (tertiary/aromatic N) is 2. The normalized spacial score (nSPS) is 10.4. The Morgan fingerprint density at radius 3 is 2.79 bits per heavy atom. The van der Waals surface area contributed by atoms with Crippen LogP contribution in [0.1, 0.15) is 5.56 Å². The number of hydrogen-bond acceptors (Lipinski definition) is 5. The van der Waals surface area contributed by atoms with E-state index in [0.717, 1.165) is 15.5 Å². The summed E-state index contributed by atoms with van der Waals surface area (Å²) < 4.78 is 5.98. The van der Waals surface area contributed by atoms with Crippen molar-refractivity contribution in [3.63, 3.8) is 0 Å². The quantitative estimate of drug-likeness (QED) is 0.610. The molecule has 0 saturated carbocycles. The zero-order chi connectivity index (χ0) is 17.3. The maximum atomic E-state index is 9.41. The molecule has 0 aliphatic rings. The number of halogens is 2. The van der Waals surface area contributed by atoms with Gasteiger partial charge in [-0.2, -0.15) is 5.26 Å². The minimum atomic E-state index is 0.415. The zero-order valence-corrected chi connectivity index (χ0v) is 14.9. The van der Waals surface area contributed by atoms with Crippen LogP contribution in [0.4, 0.5) is 17.1 Å². The molecule has 0 atom stereocenters. The summed E-state index contributed by atoms with van der Waals surface area (Å²) in [5, 5.41) is 14.0. The van der Waals surface area contributed by atoms with Gasteiger partial charge in [-0.3, -0.25) is 4.98 Å². The van der Waals surface area contributed by atoms with Gasteiger partial charge in [0.2, 0.25) is 0 Å². The average Bonchev–Trinajstić information content (AvgIpc) is 2.58. The van der Waals surface area contributed by atoms with Crippen molar-refractivity contribution in [3.05, 3.63) is 51.6 Å². The smallest absolute Gasteiger partial charge is 0.143 e. The summed E-state index contributed by atoms with van der Waals surface area (Å²) in [5.41, 5.74) is 8.98. The molecule has 0 bridgehead atoms. The summed E-state index contributed by atoms with van der Waals surface area (Å²) in [4.78, 5) is 4.31. The van der Waals surface area contributed by atoms with Crippen LogP contribution in [0.5, 0.6) is 5.75 Å². The lowest BCUT2D eigenvalue weighted by atomic mass is 10.1. The van der Waals surface area contributed by atoms with Gasteiger partial charge in [0, 0.05) is 27.8 Å². The molecule has 3 N–H and O–H groups in total. The van der Waals surface area contributed by atoms with Crippen molar-refractivity contribution in [1.29, 1.82) is 5.26 Å². The van der Waals surface area contributed by atoms with Gasteiger partial charge in [0.25, 0.3) is 0 Å². The molecule has 0 saturated heterocycles. The number of fused-ring (bicyclic) bond motifs is 1. The Labute approximate surface area is 152 Å². The third-order valence-electron chi connectivity index (χ3n) is 3.53. The van der Waals surface area contributed by atoms with E-state index >= 15 is 0 Å². The number of aromatic nitrogens is 1. The highest BCUT2D eigenvalue weighted by molar-refractivity contribution is 9.10. The molecule has 7 heteroatoms. The second kappa shape index (κ2) is 6.56. The van der Waals surface area contributed by atoms with E-state index in [1.54, 1.807) is 25.3 Å². The lowest BCUT2D eigenvalue weighted by Gasteiger charge is -2.14. The molecule has 0 unspecified atom stereocenters. The number of nitrogen functional groups attached to an aromatic ring is 1. The molecule has 0 radical (unpaired) electrons. The van der Waals surface area contributed by atoms with Crippen LogP contribution in [0.3, 0.4) is 0 Å². The second-order valence-corrected chi connectivity index (χ2v) is 6.29. The summed E-state index contributed by atoms with van der Waals surface area (Å²) in [7, 11) is 1.55. The number of nitrogens with two attached hydrogens (primary N) is 1. The third kappa shape index (κ3) is 2.96.